The second-order valence-electron chi connectivity index (χ2n) is 3.71. The van der Waals surface area contributed by atoms with E-state index in [1.54, 1.807) is 0 Å². The summed E-state index contributed by atoms with van der Waals surface area (Å²) in [5, 5.41) is 12.2. The molecule has 2 N–H and O–H groups in total. The second-order valence-corrected chi connectivity index (χ2v) is 3.71. The molecule has 1 aromatic heterocycles. The minimum atomic E-state index is -0.239. The molecule has 0 unspecified atom stereocenters. The number of amides is 1. The van der Waals surface area contributed by atoms with Crippen LogP contribution in [0.4, 0.5) is 0 Å². The van der Waals surface area contributed by atoms with Gasteiger partial charge < -0.3 is 10.4 Å². The first-order chi connectivity index (χ1) is 7.75. The number of hydrogen-bond donors (Lipinski definition) is 2. The monoisotopic (exact) mass is 222 g/mol. The summed E-state index contributed by atoms with van der Waals surface area (Å²) in [6, 6.07) is 1.51. The Kier molecular flexibility index (Phi) is 5.32. The number of hydrogen-bond acceptors (Lipinski definition) is 3. The minimum Gasteiger partial charge on any atom is -0.505 e. The third-order valence-corrected chi connectivity index (χ3v) is 2.36. The highest BCUT2D eigenvalue weighted by Gasteiger charge is 2.09. The molecule has 0 radical (unpaired) electrons. The maximum Gasteiger partial charge on any atom is 0.255 e. The number of carbonyl (C=O) groups is 1. The van der Waals surface area contributed by atoms with Crippen molar-refractivity contribution in [2.45, 2.75) is 32.6 Å². The maximum absolute atomic E-state index is 11.6. The molecule has 0 aliphatic heterocycles. The van der Waals surface area contributed by atoms with E-state index in [1.165, 1.54) is 31.3 Å². The van der Waals surface area contributed by atoms with E-state index in [9.17, 15) is 9.90 Å². The summed E-state index contributed by atoms with van der Waals surface area (Å²) in [6.45, 7) is 2.80. The van der Waals surface area contributed by atoms with Crippen molar-refractivity contribution in [1.29, 1.82) is 0 Å². The number of rotatable bonds is 6. The van der Waals surface area contributed by atoms with Gasteiger partial charge in [-0.05, 0) is 12.5 Å². The first-order valence-corrected chi connectivity index (χ1v) is 5.67. The molecule has 1 aromatic rings. The first-order valence-electron chi connectivity index (χ1n) is 5.67. The van der Waals surface area contributed by atoms with Crippen LogP contribution in [0.2, 0.25) is 0 Å². The normalized spacial score (nSPS) is 10.1. The van der Waals surface area contributed by atoms with Crippen LogP contribution in [0.1, 0.15) is 43.0 Å². The smallest absolute Gasteiger partial charge is 0.255 e. The summed E-state index contributed by atoms with van der Waals surface area (Å²) in [6.07, 6.45) is 7.23. The van der Waals surface area contributed by atoms with Crippen LogP contribution in [-0.4, -0.2) is 22.5 Å². The Bertz CT molecular complexity index is 340. The van der Waals surface area contributed by atoms with Gasteiger partial charge in [-0.2, -0.15) is 0 Å². The van der Waals surface area contributed by atoms with Gasteiger partial charge in [0.15, 0.2) is 0 Å². The van der Waals surface area contributed by atoms with E-state index in [0.29, 0.717) is 6.54 Å². The van der Waals surface area contributed by atoms with E-state index in [0.717, 1.165) is 12.8 Å². The van der Waals surface area contributed by atoms with Crippen LogP contribution in [0.3, 0.4) is 0 Å². The Morgan fingerprint density at radius 3 is 2.94 bits per heavy atom. The van der Waals surface area contributed by atoms with Gasteiger partial charge in [0.2, 0.25) is 0 Å². The molecule has 1 rings (SSSR count). The van der Waals surface area contributed by atoms with Gasteiger partial charge in [0.25, 0.3) is 5.91 Å². The zero-order valence-electron chi connectivity index (χ0n) is 9.57. The molecule has 1 amide bonds. The Morgan fingerprint density at radius 1 is 1.44 bits per heavy atom. The summed E-state index contributed by atoms with van der Waals surface area (Å²) < 4.78 is 0. The molecule has 0 atom stereocenters. The van der Waals surface area contributed by atoms with Crippen LogP contribution in [0.25, 0.3) is 0 Å². The van der Waals surface area contributed by atoms with E-state index in [1.807, 2.05) is 0 Å². The Labute approximate surface area is 95.7 Å². The Morgan fingerprint density at radius 2 is 2.25 bits per heavy atom. The van der Waals surface area contributed by atoms with Crippen molar-refractivity contribution < 1.29 is 9.90 Å². The van der Waals surface area contributed by atoms with Crippen LogP contribution >= 0.6 is 0 Å². The molecule has 0 aromatic carbocycles. The fourth-order valence-corrected chi connectivity index (χ4v) is 1.43. The van der Waals surface area contributed by atoms with Crippen LogP contribution in [0.5, 0.6) is 5.75 Å². The maximum atomic E-state index is 11.6. The summed E-state index contributed by atoms with van der Waals surface area (Å²) in [7, 11) is 0. The van der Waals surface area contributed by atoms with Crippen LogP contribution in [0, 0.1) is 0 Å². The molecule has 4 heteroatoms. The van der Waals surface area contributed by atoms with Crippen molar-refractivity contribution in [2.75, 3.05) is 6.54 Å². The zero-order valence-corrected chi connectivity index (χ0v) is 9.57. The third kappa shape index (κ3) is 3.88. The highest BCUT2D eigenvalue weighted by atomic mass is 16.3. The summed E-state index contributed by atoms with van der Waals surface area (Å²) in [5.41, 5.74) is 0.283. The molecular weight excluding hydrogens is 204 g/mol. The SMILES string of the molecule is CCCCCCNC(=O)c1ccncc1O. The van der Waals surface area contributed by atoms with Crippen molar-refractivity contribution in [3.05, 3.63) is 24.0 Å². The van der Waals surface area contributed by atoms with Crippen molar-refractivity contribution in [3.8, 4) is 5.75 Å². The summed E-state index contributed by atoms with van der Waals surface area (Å²) >= 11 is 0. The van der Waals surface area contributed by atoms with Crippen molar-refractivity contribution in [2.24, 2.45) is 0 Å². The molecule has 0 fully saturated rings. The van der Waals surface area contributed by atoms with E-state index in [-0.39, 0.29) is 17.2 Å². The van der Waals surface area contributed by atoms with E-state index in [4.69, 9.17) is 0 Å². The molecule has 0 bridgehead atoms. The molecular formula is C12H18N2O2. The topological polar surface area (TPSA) is 62.2 Å². The molecule has 1 heterocycles. The van der Waals surface area contributed by atoms with Crippen LogP contribution in [-0.2, 0) is 0 Å². The standard InChI is InChI=1S/C12H18N2O2/c1-2-3-4-5-7-14-12(16)10-6-8-13-9-11(10)15/h6,8-9,15H,2-5,7H2,1H3,(H,14,16). The molecule has 0 saturated heterocycles. The van der Waals surface area contributed by atoms with Crippen molar-refractivity contribution in [3.63, 3.8) is 0 Å². The number of pyridine rings is 1. The molecule has 4 nitrogen and oxygen atoms in total. The van der Waals surface area contributed by atoms with Gasteiger partial charge in [0.1, 0.15) is 5.75 Å². The van der Waals surface area contributed by atoms with Crippen molar-refractivity contribution in [1.82, 2.24) is 10.3 Å². The fraction of sp³-hybridized carbons (Fsp3) is 0.500. The number of unbranched alkanes of at least 4 members (excludes halogenated alkanes) is 3. The van der Waals surface area contributed by atoms with Gasteiger partial charge in [-0.25, -0.2) is 0 Å². The summed E-state index contributed by atoms with van der Waals surface area (Å²) in [4.78, 5) is 15.3. The van der Waals surface area contributed by atoms with Crippen LogP contribution < -0.4 is 5.32 Å². The van der Waals surface area contributed by atoms with Gasteiger partial charge in [0, 0.05) is 12.7 Å². The van der Waals surface area contributed by atoms with E-state index >= 15 is 0 Å². The van der Waals surface area contributed by atoms with Gasteiger partial charge >= 0.3 is 0 Å². The van der Waals surface area contributed by atoms with E-state index in [2.05, 4.69) is 17.2 Å². The molecule has 0 spiro atoms. The lowest BCUT2D eigenvalue weighted by Gasteiger charge is -2.05. The zero-order chi connectivity index (χ0) is 11.8. The average Bonchev–Trinajstić information content (AvgIpc) is 2.29. The number of aromatic hydroxyl groups is 1. The second kappa shape index (κ2) is 6.82. The highest BCUT2D eigenvalue weighted by molar-refractivity contribution is 5.96. The lowest BCUT2D eigenvalue weighted by molar-refractivity contribution is 0.0950. The number of carbonyl (C=O) groups excluding carboxylic acids is 1. The molecule has 0 aliphatic carbocycles. The highest BCUT2D eigenvalue weighted by Crippen LogP contribution is 2.13. The molecule has 0 saturated carbocycles. The Balaban J connectivity index is 2.33. The molecule has 16 heavy (non-hydrogen) atoms. The van der Waals surface area contributed by atoms with Crippen molar-refractivity contribution >= 4 is 5.91 Å². The molecule has 88 valence electrons. The quantitative estimate of drug-likeness (QED) is 0.724. The number of nitrogens with one attached hydrogen (secondary N) is 1. The number of aromatic nitrogens is 1. The largest absolute Gasteiger partial charge is 0.505 e. The molecule has 0 aliphatic rings. The first kappa shape index (κ1) is 12.5. The fourth-order valence-electron chi connectivity index (χ4n) is 1.43. The number of nitrogens with zero attached hydrogens (tertiary/aromatic N) is 1. The predicted octanol–water partition coefficient (Wildman–Crippen LogP) is 2.10. The Hall–Kier alpha value is -1.58. The van der Waals surface area contributed by atoms with Crippen LogP contribution in [0.15, 0.2) is 18.5 Å². The van der Waals surface area contributed by atoms with E-state index < -0.39 is 0 Å². The minimum absolute atomic E-state index is 0.0754. The predicted molar refractivity (Wildman–Crippen MR) is 62.4 cm³/mol. The third-order valence-electron chi connectivity index (χ3n) is 2.36. The van der Waals surface area contributed by atoms with Gasteiger partial charge in [-0.1, -0.05) is 26.2 Å². The lowest BCUT2D eigenvalue weighted by atomic mass is 10.2. The van der Waals surface area contributed by atoms with Gasteiger partial charge in [-0.3, -0.25) is 9.78 Å². The summed E-state index contributed by atoms with van der Waals surface area (Å²) in [5.74, 6) is -0.315. The van der Waals surface area contributed by atoms with Gasteiger partial charge in [0.05, 0.1) is 11.8 Å². The lowest BCUT2D eigenvalue weighted by Crippen LogP contribution is -2.24. The van der Waals surface area contributed by atoms with Gasteiger partial charge in [-0.15, -0.1) is 0 Å². The average molecular weight is 222 g/mol.